The summed E-state index contributed by atoms with van der Waals surface area (Å²) in [4.78, 5) is 10.8. The van der Waals surface area contributed by atoms with Crippen molar-refractivity contribution in [2.45, 2.75) is 12.8 Å². The number of thiol groups is 1. The van der Waals surface area contributed by atoms with E-state index in [2.05, 4.69) is 4.18 Å². The summed E-state index contributed by atoms with van der Waals surface area (Å²) in [6.07, 6.45) is 0.566. The molecule has 0 atom stereocenters. The molecule has 0 radical (unpaired) electrons. The molecule has 76 valence electrons. The minimum atomic E-state index is -3.07. The summed E-state index contributed by atoms with van der Waals surface area (Å²) in [6.45, 7) is 0. The fourth-order valence-corrected chi connectivity index (χ4v) is 1.28. The first-order valence-electron chi connectivity index (χ1n) is 4.07. The van der Waals surface area contributed by atoms with Crippen molar-refractivity contribution < 1.29 is 17.4 Å². The van der Waals surface area contributed by atoms with E-state index in [0.717, 1.165) is 5.56 Å². The van der Waals surface area contributed by atoms with E-state index in [9.17, 15) is 13.2 Å². The lowest BCUT2D eigenvalue weighted by atomic mass is 10.1. The molecule has 0 amide bonds. The van der Waals surface area contributed by atoms with Gasteiger partial charge in [0.1, 0.15) is 0 Å². The topological polar surface area (TPSA) is 60.4 Å². The molecule has 1 rings (SSSR count). The van der Waals surface area contributed by atoms with Crippen molar-refractivity contribution >= 4 is 17.0 Å². The number of benzene rings is 1. The number of rotatable bonds is 4. The number of hydrogen-bond donors (Lipinski definition) is 1. The fraction of sp³-hybridized carbons (Fsp3) is 0.222. The second-order valence-electron chi connectivity index (χ2n) is 2.67. The maximum atomic E-state index is 10.8. The van der Waals surface area contributed by atoms with E-state index < -0.39 is 17.0 Å². The van der Waals surface area contributed by atoms with Crippen LogP contribution in [0.15, 0.2) is 30.3 Å². The molecule has 4 nitrogen and oxygen atoms in total. The monoisotopic (exact) mass is 214 g/mol. The van der Waals surface area contributed by atoms with Gasteiger partial charge in [-0.05, 0) is 12.0 Å². The largest absolute Gasteiger partial charge is 0.348 e. The van der Waals surface area contributed by atoms with Crippen molar-refractivity contribution in [2.75, 3.05) is 0 Å². The average molecular weight is 214 g/mol. The van der Waals surface area contributed by atoms with E-state index in [1.807, 2.05) is 30.3 Å². The minimum absolute atomic E-state index is 0.0767. The number of carbonyl (C=O) groups is 1. The normalized spacial score (nSPS) is 10.1. The van der Waals surface area contributed by atoms with Crippen molar-refractivity contribution in [1.29, 1.82) is 0 Å². The predicted molar refractivity (Wildman–Crippen MR) is 51.2 cm³/mol. The maximum absolute atomic E-state index is 10.8. The first kappa shape index (κ1) is 10.7. The third-order valence-electron chi connectivity index (χ3n) is 1.64. The minimum Gasteiger partial charge on any atom is -0.348 e. The Morgan fingerprint density at radius 3 is 2.43 bits per heavy atom. The van der Waals surface area contributed by atoms with Crippen molar-refractivity contribution in [3.63, 3.8) is 0 Å². The first-order valence-corrected chi connectivity index (χ1v) is 5.17. The highest BCUT2D eigenvalue weighted by atomic mass is 32.2. The Morgan fingerprint density at radius 1 is 1.21 bits per heavy atom. The fourth-order valence-electron chi connectivity index (χ4n) is 1.02. The van der Waals surface area contributed by atoms with Gasteiger partial charge in [-0.3, -0.25) is 4.79 Å². The van der Waals surface area contributed by atoms with Gasteiger partial charge in [-0.2, -0.15) is 8.42 Å². The maximum Gasteiger partial charge on any atom is 0.322 e. The zero-order chi connectivity index (χ0) is 10.4. The van der Waals surface area contributed by atoms with E-state index in [1.54, 1.807) is 0 Å². The van der Waals surface area contributed by atoms with Crippen LogP contribution in [-0.4, -0.2) is 14.4 Å². The summed E-state index contributed by atoms with van der Waals surface area (Å²) >= 11 is 0. The van der Waals surface area contributed by atoms with E-state index in [-0.39, 0.29) is 6.42 Å². The summed E-state index contributed by atoms with van der Waals surface area (Å²) in [7, 11) is -3.07. The third-order valence-corrected chi connectivity index (χ3v) is 1.99. The molecular formula is C9H10O4S. The Bertz CT molecular complexity index is 362. The van der Waals surface area contributed by atoms with Gasteiger partial charge in [0.05, 0.1) is 6.42 Å². The van der Waals surface area contributed by atoms with Gasteiger partial charge in [-0.1, -0.05) is 30.3 Å². The highest BCUT2D eigenvalue weighted by Crippen LogP contribution is 2.02. The molecule has 0 aromatic heterocycles. The molecule has 0 fully saturated rings. The standard InChI is InChI=1S/C9H10O4S/c10-9(13-14(11)12)7-6-8-4-2-1-3-5-8/h1-5,14H,6-7H2. The SMILES string of the molecule is O=C(CCc1ccccc1)O[SH](=O)=O. The number of hydrogen-bond acceptors (Lipinski definition) is 4. The van der Waals surface area contributed by atoms with E-state index in [1.165, 1.54) is 0 Å². The van der Waals surface area contributed by atoms with Gasteiger partial charge in [0, 0.05) is 0 Å². The summed E-state index contributed by atoms with van der Waals surface area (Å²) in [6, 6.07) is 9.31. The Kier molecular flexibility index (Phi) is 4.12. The van der Waals surface area contributed by atoms with Crippen LogP contribution in [0.2, 0.25) is 0 Å². The zero-order valence-electron chi connectivity index (χ0n) is 7.38. The summed E-state index contributed by atoms with van der Waals surface area (Å²) in [5, 5.41) is 0. The van der Waals surface area contributed by atoms with Crippen LogP contribution in [0.3, 0.4) is 0 Å². The molecule has 0 unspecified atom stereocenters. The Morgan fingerprint density at radius 2 is 1.86 bits per heavy atom. The Hall–Kier alpha value is -1.36. The van der Waals surface area contributed by atoms with E-state index >= 15 is 0 Å². The van der Waals surface area contributed by atoms with Gasteiger partial charge in [-0.15, -0.1) is 0 Å². The zero-order valence-corrected chi connectivity index (χ0v) is 8.28. The summed E-state index contributed by atoms with van der Waals surface area (Å²) in [5.74, 6) is -0.718. The van der Waals surface area contributed by atoms with Crippen molar-refractivity contribution in [3.8, 4) is 0 Å². The summed E-state index contributed by atoms with van der Waals surface area (Å²) in [5.41, 5.74) is 0.977. The lowest BCUT2D eigenvalue weighted by molar-refractivity contribution is -0.133. The van der Waals surface area contributed by atoms with Crippen LogP contribution in [0, 0.1) is 0 Å². The third kappa shape index (κ3) is 4.04. The molecule has 0 heterocycles. The van der Waals surface area contributed by atoms with Crippen molar-refractivity contribution in [3.05, 3.63) is 35.9 Å². The van der Waals surface area contributed by atoms with Crippen LogP contribution in [-0.2, 0) is 26.4 Å². The molecule has 0 aliphatic rings. The number of carbonyl (C=O) groups excluding carboxylic acids is 1. The highest BCUT2D eigenvalue weighted by molar-refractivity contribution is 7.67. The highest BCUT2D eigenvalue weighted by Gasteiger charge is 2.03. The lowest BCUT2D eigenvalue weighted by Crippen LogP contribution is -2.04. The molecule has 0 aliphatic carbocycles. The van der Waals surface area contributed by atoms with Crippen LogP contribution in [0.5, 0.6) is 0 Å². The van der Waals surface area contributed by atoms with Crippen LogP contribution in [0.1, 0.15) is 12.0 Å². The van der Waals surface area contributed by atoms with Gasteiger partial charge in [-0.25, -0.2) is 0 Å². The molecule has 14 heavy (non-hydrogen) atoms. The Balaban J connectivity index is 2.38. The van der Waals surface area contributed by atoms with Crippen molar-refractivity contribution in [1.82, 2.24) is 0 Å². The molecular weight excluding hydrogens is 204 g/mol. The molecule has 5 heteroatoms. The van der Waals surface area contributed by atoms with Crippen LogP contribution in [0.25, 0.3) is 0 Å². The van der Waals surface area contributed by atoms with Gasteiger partial charge in [0.25, 0.3) is 0 Å². The van der Waals surface area contributed by atoms with Gasteiger partial charge in [0.2, 0.25) is 0 Å². The van der Waals surface area contributed by atoms with Gasteiger partial charge >= 0.3 is 17.0 Å². The Labute approximate surface area is 83.7 Å². The van der Waals surface area contributed by atoms with Crippen LogP contribution < -0.4 is 0 Å². The molecule has 1 aromatic rings. The van der Waals surface area contributed by atoms with E-state index in [0.29, 0.717) is 6.42 Å². The van der Waals surface area contributed by atoms with E-state index in [4.69, 9.17) is 0 Å². The van der Waals surface area contributed by atoms with Crippen molar-refractivity contribution in [2.24, 2.45) is 0 Å². The molecule has 0 saturated heterocycles. The van der Waals surface area contributed by atoms with Crippen LogP contribution >= 0.6 is 0 Å². The quantitative estimate of drug-likeness (QED) is 0.749. The van der Waals surface area contributed by atoms with Crippen LogP contribution in [0.4, 0.5) is 0 Å². The molecule has 0 spiro atoms. The second kappa shape index (κ2) is 5.39. The summed E-state index contributed by atoms with van der Waals surface area (Å²) < 4.78 is 24.0. The first-order chi connectivity index (χ1) is 6.68. The average Bonchev–Trinajstić information content (AvgIpc) is 2.15. The van der Waals surface area contributed by atoms with Gasteiger partial charge < -0.3 is 4.18 Å². The van der Waals surface area contributed by atoms with Gasteiger partial charge in [0.15, 0.2) is 0 Å². The smallest absolute Gasteiger partial charge is 0.322 e. The number of aryl methyl sites for hydroxylation is 1. The molecule has 1 aromatic carbocycles. The second-order valence-corrected chi connectivity index (χ2v) is 3.30. The molecule has 0 N–H and O–H groups in total. The predicted octanol–water partition coefficient (Wildman–Crippen LogP) is 0.689. The molecule has 0 bridgehead atoms. The molecule has 0 aliphatic heterocycles. The lowest BCUT2D eigenvalue weighted by Gasteiger charge is -1.98. The molecule has 0 saturated carbocycles.